The molecule has 0 heterocycles. The van der Waals surface area contributed by atoms with E-state index in [2.05, 4.69) is 0 Å². The molecule has 6 nitrogen and oxygen atoms in total. The molecular weight excluding hydrogens is 262 g/mol. The van der Waals surface area contributed by atoms with Crippen molar-refractivity contribution in [1.82, 2.24) is 4.90 Å². The Morgan fingerprint density at radius 2 is 1.95 bits per heavy atom. The molecule has 0 amide bonds. The number of hydrogen-bond acceptors (Lipinski definition) is 6. The van der Waals surface area contributed by atoms with E-state index in [0.717, 1.165) is 0 Å². The van der Waals surface area contributed by atoms with Crippen LogP contribution in [0.25, 0.3) is 0 Å². The van der Waals surface area contributed by atoms with Crippen LogP contribution in [0.15, 0.2) is 0 Å². The molecule has 0 unspecified atom stereocenters. The summed E-state index contributed by atoms with van der Waals surface area (Å²) < 4.78 is 15.0. The van der Waals surface area contributed by atoms with E-state index in [0.29, 0.717) is 38.8 Å². The van der Waals surface area contributed by atoms with Gasteiger partial charge in [0, 0.05) is 26.4 Å². The molecule has 20 heavy (non-hydrogen) atoms. The van der Waals surface area contributed by atoms with Gasteiger partial charge < -0.3 is 14.2 Å². The lowest BCUT2D eigenvalue weighted by molar-refractivity contribution is -0.172. The first kappa shape index (κ1) is 16.9. The van der Waals surface area contributed by atoms with Gasteiger partial charge in [0.05, 0.1) is 19.8 Å². The highest BCUT2D eigenvalue weighted by Gasteiger charge is 2.54. The van der Waals surface area contributed by atoms with Gasteiger partial charge in [0.25, 0.3) is 0 Å². The van der Waals surface area contributed by atoms with Crippen LogP contribution in [0.4, 0.5) is 0 Å². The minimum Gasteiger partial charge on any atom is -0.468 e. The zero-order valence-corrected chi connectivity index (χ0v) is 12.8. The highest BCUT2D eigenvalue weighted by molar-refractivity contribution is 5.82. The maximum atomic E-state index is 12.0. The van der Waals surface area contributed by atoms with Crippen molar-refractivity contribution in [3.63, 3.8) is 0 Å². The standard InChI is InChI=1S/C14H25NO5/c1-5-20-12(16)7-6-8-15(2)14(13(17)19-4)9-11(10-14)18-3/h11H,5-10H2,1-4H3. The summed E-state index contributed by atoms with van der Waals surface area (Å²) in [6.07, 6.45) is 2.38. The summed E-state index contributed by atoms with van der Waals surface area (Å²) in [5.74, 6) is -0.430. The Morgan fingerprint density at radius 3 is 2.45 bits per heavy atom. The molecule has 6 heteroatoms. The Balaban J connectivity index is 2.47. The second-order valence-corrected chi connectivity index (χ2v) is 5.12. The van der Waals surface area contributed by atoms with Gasteiger partial charge in [-0.3, -0.25) is 14.5 Å². The first-order chi connectivity index (χ1) is 9.50. The Kier molecular flexibility index (Phi) is 6.42. The number of likely N-dealkylation sites (N-methyl/N-ethyl adjacent to an activating group) is 1. The Bertz CT molecular complexity index is 338. The van der Waals surface area contributed by atoms with Gasteiger partial charge in [0.15, 0.2) is 0 Å². The summed E-state index contributed by atoms with van der Waals surface area (Å²) in [7, 11) is 4.93. The van der Waals surface area contributed by atoms with Crippen LogP contribution in [-0.2, 0) is 23.8 Å². The van der Waals surface area contributed by atoms with Gasteiger partial charge in [-0.2, -0.15) is 0 Å². The maximum Gasteiger partial charge on any atom is 0.326 e. The van der Waals surface area contributed by atoms with Crippen LogP contribution in [0.5, 0.6) is 0 Å². The largest absolute Gasteiger partial charge is 0.468 e. The van der Waals surface area contributed by atoms with Crippen LogP contribution in [-0.4, -0.2) is 62.9 Å². The van der Waals surface area contributed by atoms with Gasteiger partial charge in [0.2, 0.25) is 0 Å². The minimum absolute atomic E-state index is 0.0987. The first-order valence-electron chi connectivity index (χ1n) is 6.98. The predicted octanol–water partition coefficient (Wildman–Crippen LogP) is 0.982. The second kappa shape index (κ2) is 7.59. The Hall–Kier alpha value is -1.14. The number of carbonyl (C=O) groups excluding carboxylic acids is 2. The highest BCUT2D eigenvalue weighted by atomic mass is 16.5. The fourth-order valence-electron chi connectivity index (χ4n) is 2.59. The molecule has 1 rings (SSSR count). The lowest BCUT2D eigenvalue weighted by Gasteiger charge is -2.49. The van der Waals surface area contributed by atoms with E-state index < -0.39 is 5.54 Å². The molecule has 0 aromatic heterocycles. The molecule has 0 N–H and O–H groups in total. The molecule has 0 bridgehead atoms. The van der Waals surface area contributed by atoms with Gasteiger partial charge in [-0.15, -0.1) is 0 Å². The number of methoxy groups -OCH3 is 2. The summed E-state index contributed by atoms with van der Waals surface area (Å²) in [6, 6.07) is 0. The third-order valence-electron chi connectivity index (χ3n) is 3.94. The summed E-state index contributed by atoms with van der Waals surface area (Å²) >= 11 is 0. The number of carbonyl (C=O) groups is 2. The van der Waals surface area contributed by atoms with Crippen molar-refractivity contribution in [2.45, 2.75) is 44.2 Å². The van der Waals surface area contributed by atoms with Gasteiger partial charge >= 0.3 is 11.9 Å². The van der Waals surface area contributed by atoms with Crippen LogP contribution in [0.2, 0.25) is 0 Å². The molecule has 0 aromatic carbocycles. The van der Waals surface area contributed by atoms with Crippen molar-refractivity contribution in [3.8, 4) is 0 Å². The van der Waals surface area contributed by atoms with E-state index in [1.165, 1.54) is 7.11 Å². The number of rotatable bonds is 8. The fourth-order valence-corrected chi connectivity index (χ4v) is 2.59. The van der Waals surface area contributed by atoms with Gasteiger partial charge in [-0.1, -0.05) is 0 Å². The Morgan fingerprint density at radius 1 is 1.30 bits per heavy atom. The van der Waals surface area contributed by atoms with Gasteiger partial charge in [-0.05, 0) is 26.9 Å². The average molecular weight is 287 g/mol. The SMILES string of the molecule is CCOC(=O)CCCN(C)C1(C(=O)OC)CC(OC)C1. The van der Waals surface area contributed by atoms with Crippen LogP contribution < -0.4 is 0 Å². The number of hydrogen-bond donors (Lipinski definition) is 0. The van der Waals surface area contributed by atoms with Crippen molar-refractivity contribution in [2.24, 2.45) is 0 Å². The van der Waals surface area contributed by atoms with E-state index in [4.69, 9.17) is 14.2 Å². The summed E-state index contributed by atoms with van der Waals surface area (Å²) in [5.41, 5.74) is -0.607. The molecule has 0 atom stereocenters. The molecule has 1 saturated carbocycles. The molecule has 1 aliphatic carbocycles. The molecule has 0 aliphatic heterocycles. The maximum absolute atomic E-state index is 12.0. The normalized spacial score (nSPS) is 25.1. The van der Waals surface area contributed by atoms with Crippen molar-refractivity contribution in [1.29, 1.82) is 0 Å². The third-order valence-corrected chi connectivity index (χ3v) is 3.94. The molecule has 0 aromatic rings. The zero-order chi connectivity index (χ0) is 15.2. The van der Waals surface area contributed by atoms with Crippen LogP contribution in [0, 0.1) is 0 Å². The van der Waals surface area contributed by atoms with E-state index in [-0.39, 0.29) is 18.0 Å². The lowest BCUT2D eigenvalue weighted by Crippen LogP contribution is -2.64. The predicted molar refractivity (Wildman–Crippen MR) is 73.3 cm³/mol. The summed E-state index contributed by atoms with van der Waals surface area (Å²) in [6.45, 7) is 2.83. The van der Waals surface area contributed by atoms with E-state index in [1.54, 1.807) is 14.0 Å². The summed E-state index contributed by atoms with van der Waals surface area (Å²) in [5, 5.41) is 0. The van der Waals surface area contributed by atoms with Crippen LogP contribution in [0.1, 0.15) is 32.6 Å². The highest BCUT2D eigenvalue weighted by Crippen LogP contribution is 2.40. The topological polar surface area (TPSA) is 65.1 Å². The number of nitrogens with zero attached hydrogens (tertiary/aromatic N) is 1. The summed E-state index contributed by atoms with van der Waals surface area (Å²) in [4.78, 5) is 25.3. The van der Waals surface area contributed by atoms with Gasteiger partial charge in [-0.25, -0.2) is 0 Å². The second-order valence-electron chi connectivity index (χ2n) is 5.12. The van der Waals surface area contributed by atoms with Crippen LogP contribution in [0.3, 0.4) is 0 Å². The zero-order valence-electron chi connectivity index (χ0n) is 12.8. The lowest BCUT2D eigenvalue weighted by atomic mass is 9.72. The van der Waals surface area contributed by atoms with Crippen molar-refractivity contribution >= 4 is 11.9 Å². The fraction of sp³-hybridized carbons (Fsp3) is 0.857. The van der Waals surface area contributed by atoms with Crippen molar-refractivity contribution in [3.05, 3.63) is 0 Å². The Labute approximate surface area is 120 Å². The minimum atomic E-state index is -0.607. The van der Waals surface area contributed by atoms with E-state index in [9.17, 15) is 9.59 Å². The quantitative estimate of drug-likeness (QED) is 0.620. The first-order valence-corrected chi connectivity index (χ1v) is 6.98. The van der Waals surface area contributed by atoms with Gasteiger partial charge in [0.1, 0.15) is 5.54 Å². The molecule has 0 radical (unpaired) electrons. The molecule has 116 valence electrons. The molecule has 0 spiro atoms. The molecule has 1 aliphatic rings. The molecule has 1 fully saturated rings. The van der Waals surface area contributed by atoms with Crippen molar-refractivity contribution in [2.75, 3.05) is 34.4 Å². The average Bonchev–Trinajstić information content (AvgIpc) is 2.37. The van der Waals surface area contributed by atoms with E-state index >= 15 is 0 Å². The number of esters is 2. The third kappa shape index (κ3) is 3.70. The smallest absolute Gasteiger partial charge is 0.326 e. The molecule has 0 saturated heterocycles. The van der Waals surface area contributed by atoms with E-state index in [1.807, 2.05) is 11.9 Å². The monoisotopic (exact) mass is 287 g/mol. The van der Waals surface area contributed by atoms with Crippen molar-refractivity contribution < 1.29 is 23.8 Å². The van der Waals surface area contributed by atoms with Crippen LogP contribution >= 0.6 is 0 Å². The number of ether oxygens (including phenoxy) is 3. The molecular formula is C14H25NO5.